The number of rotatable bonds is 4. The fourth-order valence-corrected chi connectivity index (χ4v) is 3.93. The van der Waals surface area contributed by atoms with E-state index in [1.54, 1.807) is 11.3 Å². The Morgan fingerprint density at radius 3 is 2.75 bits per heavy atom. The van der Waals surface area contributed by atoms with Gasteiger partial charge in [-0.05, 0) is 32.4 Å². The first kappa shape index (κ1) is 15.4. The smallest absolute Gasteiger partial charge is 0.186 e. The SMILES string of the molecule is CCC1CN(C)CCCN1c1nc(C(C)C)c(C=O)s1. The van der Waals surface area contributed by atoms with Gasteiger partial charge in [-0.25, -0.2) is 4.98 Å². The maximum atomic E-state index is 11.2. The third-order valence-corrected chi connectivity index (χ3v) is 4.98. The number of carbonyl (C=O) groups excluding carboxylic acids is 1. The highest BCUT2D eigenvalue weighted by molar-refractivity contribution is 7.17. The van der Waals surface area contributed by atoms with E-state index in [4.69, 9.17) is 4.98 Å². The summed E-state index contributed by atoms with van der Waals surface area (Å²) < 4.78 is 0. The summed E-state index contributed by atoms with van der Waals surface area (Å²) >= 11 is 1.55. The van der Waals surface area contributed by atoms with Gasteiger partial charge in [0.05, 0.1) is 10.6 Å². The number of anilines is 1. The lowest BCUT2D eigenvalue weighted by Crippen LogP contribution is -2.39. The number of thiazole rings is 1. The van der Waals surface area contributed by atoms with Crippen LogP contribution in [0.2, 0.25) is 0 Å². The Kier molecular flexibility index (Phi) is 5.16. The average Bonchev–Trinajstić information content (AvgIpc) is 2.76. The molecule has 1 aliphatic heterocycles. The Morgan fingerprint density at radius 2 is 2.20 bits per heavy atom. The van der Waals surface area contributed by atoms with E-state index in [0.717, 1.165) is 54.5 Å². The first-order valence-electron chi connectivity index (χ1n) is 7.47. The molecule has 4 nitrogen and oxygen atoms in total. The molecule has 1 aliphatic rings. The van der Waals surface area contributed by atoms with Crippen LogP contribution in [0.1, 0.15) is 54.9 Å². The molecular weight excluding hydrogens is 270 g/mol. The van der Waals surface area contributed by atoms with E-state index in [0.29, 0.717) is 12.0 Å². The van der Waals surface area contributed by atoms with Crippen LogP contribution in [0.5, 0.6) is 0 Å². The van der Waals surface area contributed by atoms with Crippen LogP contribution in [0, 0.1) is 0 Å². The van der Waals surface area contributed by atoms with Crippen LogP contribution in [-0.4, -0.2) is 48.9 Å². The van der Waals surface area contributed by atoms with Crippen LogP contribution >= 0.6 is 11.3 Å². The van der Waals surface area contributed by atoms with Gasteiger partial charge in [-0.3, -0.25) is 4.79 Å². The third kappa shape index (κ3) is 3.20. The van der Waals surface area contributed by atoms with Crippen molar-refractivity contribution in [3.63, 3.8) is 0 Å². The molecule has 1 saturated heterocycles. The van der Waals surface area contributed by atoms with Gasteiger partial charge in [0.1, 0.15) is 0 Å². The molecular formula is C15H25N3OS. The minimum atomic E-state index is 0.301. The van der Waals surface area contributed by atoms with Gasteiger partial charge in [-0.1, -0.05) is 32.1 Å². The summed E-state index contributed by atoms with van der Waals surface area (Å²) in [5, 5.41) is 1.03. The Hall–Kier alpha value is -0.940. The summed E-state index contributed by atoms with van der Waals surface area (Å²) in [7, 11) is 2.18. The zero-order valence-electron chi connectivity index (χ0n) is 12.9. The van der Waals surface area contributed by atoms with Crippen molar-refractivity contribution < 1.29 is 4.79 Å². The van der Waals surface area contributed by atoms with Crippen LogP contribution in [0.15, 0.2) is 0 Å². The van der Waals surface area contributed by atoms with Gasteiger partial charge in [-0.2, -0.15) is 0 Å². The van der Waals surface area contributed by atoms with Crippen LogP contribution < -0.4 is 4.90 Å². The standard InChI is InChI=1S/C15H25N3OS/c1-5-12-9-17(4)7-6-8-18(12)15-16-14(11(2)3)13(10-19)20-15/h10-12H,5-9H2,1-4H3. The average molecular weight is 295 g/mol. The van der Waals surface area contributed by atoms with Crippen molar-refractivity contribution in [3.8, 4) is 0 Å². The molecule has 0 amide bonds. The van der Waals surface area contributed by atoms with Gasteiger partial charge >= 0.3 is 0 Å². The van der Waals surface area contributed by atoms with Gasteiger partial charge < -0.3 is 9.80 Å². The lowest BCUT2D eigenvalue weighted by molar-refractivity contribution is 0.112. The van der Waals surface area contributed by atoms with E-state index in [2.05, 4.69) is 37.6 Å². The summed E-state index contributed by atoms with van der Waals surface area (Å²) in [4.78, 5) is 21.6. The van der Waals surface area contributed by atoms with Crippen molar-refractivity contribution in [3.05, 3.63) is 10.6 Å². The van der Waals surface area contributed by atoms with Crippen LogP contribution in [-0.2, 0) is 0 Å². The predicted octanol–water partition coefficient (Wildman–Crippen LogP) is 3.00. The molecule has 0 saturated carbocycles. The molecule has 0 spiro atoms. The van der Waals surface area contributed by atoms with Gasteiger partial charge in [0, 0.05) is 19.1 Å². The van der Waals surface area contributed by atoms with E-state index < -0.39 is 0 Å². The Bertz CT molecular complexity index is 458. The summed E-state index contributed by atoms with van der Waals surface area (Å²) in [6, 6.07) is 0.494. The van der Waals surface area contributed by atoms with Gasteiger partial charge in [0.2, 0.25) is 0 Å². The number of hydrogen-bond acceptors (Lipinski definition) is 5. The number of carbonyl (C=O) groups is 1. The second-order valence-electron chi connectivity index (χ2n) is 5.89. The van der Waals surface area contributed by atoms with Crippen molar-refractivity contribution in [1.82, 2.24) is 9.88 Å². The lowest BCUT2D eigenvalue weighted by atomic mass is 10.1. The fraction of sp³-hybridized carbons (Fsp3) is 0.733. The summed E-state index contributed by atoms with van der Waals surface area (Å²) in [5.74, 6) is 0.301. The molecule has 0 bridgehead atoms. The molecule has 0 aliphatic carbocycles. The number of aromatic nitrogens is 1. The summed E-state index contributed by atoms with van der Waals surface area (Å²) in [5.41, 5.74) is 0.951. The van der Waals surface area contributed by atoms with Crippen LogP contribution in [0.3, 0.4) is 0 Å². The number of hydrogen-bond donors (Lipinski definition) is 0. The van der Waals surface area contributed by atoms with E-state index >= 15 is 0 Å². The monoisotopic (exact) mass is 295 g/mol. The molecule has 5 heteroatoms. The number of aldehydes is 1. The van der Waals surface area contributed by atoms with Gasteiger partial charge in [-0.15, -0.1) is 0 Å². The molecule has 0 radical (unpaired) electrons. The molecule has 1 atom stereocenters. The Labute approximate surface area is 125 Å². The van der Waals surface area contributed by atoms with Crippen molar-refractivity contribution in [2.45, 2.75) is 45.6 Å². The van der Waals surface area contributed by atoms with E-state index in [1.807, 2.05) is 0 Å². The second-order valence-corrected chi connectivity index (χ2v) is 6.90. The molecule has 20 heavy (non-hydrogen) atoms. The van der Waals surface area contributed by atoms with E-state index in [9.17, 15) is 4.79 Å². The molecule has 0 aromatic carbocycles. The highest BCUT2D eigenvalue weighted by Gasteiger charge is 2.26. The highest BCUT2D eigenvalue weighted by atomic mass is 32.1. The first-order valence-corrected chi connectivity index (χ1v) is 8.29. The van der Waals surface area contributed by atoms with Crippen molar-refractivity contribution in [2.24, 2.45) is 0 Å². The number of likely N-dealkylation sites (N-methyl/N-ethyl adjacent to an activating group) is 1. The van der Waals surface area contributed by atoms with E-state index in [-0.39, 0.29) is 0 Å². The molecule has 1 fully saturated rings. The highest BCUT2D eigenvalue weighted by Crippen LogP contribution is 2.32. The molecule has 0 N–H and O–H groups in total. The normalized spacial score (nSPS) is 21.2. The second kappa shape index (κ2) is 6.68. The van der Waals surface area contributed by atoms with E-state index in [1.165, 1.54) is 0 Å². The quantitative estimate of drug-likeness (QED) is 0.800. The largest absolute Gasteiger partial charge is 0.344 e. The molecule has 1 aromatic rings. The maximum absolute atomic E-state index is 11.2. The summed E-state index contributed by atoms with van der Waals surface area (Å²) in [6.45, 7) is 9.67. The summed E-state index contributed by atoms with van der Waals surface area (Å²) in [6.07, 6.45) is 3.22. The van der Waals surface area contributed by atoms with Crippen molar-refractivity contribution >= 4 is 22.8 Å². The molecule has 1 unspecified atom stereocenters. The molecule has 1 aromatic heterocycles. The van der Waals surface area contributed by atoms with Crippen molar-refractivity contribution in [2.75, 3.05) is 31.6 Å². The first-order chi connectivity index (χ1) is 9.56. The molecule has 2 heterocycles. The van der Waals surface area contributed by atoms with Crippen LogP contribution in [0.4, 0.5) is 5.13 Å². The lowest BCUT2D eigenvalue weighted by Gasteiger charge is -2.29. The minimum Gasteiger partial charge on any atom is -0.344 e. The van der Waals surface area contributed by atoms with Crippen molar-refractivity contribution in [1.29, 1.82) is 0 Å². The zero-order chi connectivity index (χ0) is 14.7. The van der Waals surface area contributed by atoms with Crippen LogP contribution in [0.25, 0.3) is 0 Å². The Morgan fingerprint density at radius 1 is 1.45 bits per heavy atom. The molecule has 112 valence electrons. The Balaban J connectivity index is 2.30. The third-order valence-electron chi connectivity index (χ3n) is 3.94. The number of nitrogens with zero attached hydrogens (tertiary/aromatic N) is 3. The topological polar surface area (TPSA) is 36.4 Å². The molecule has 2 rings (SSSR count). The fourth-order valence-electron chi connectivity index (χ4n) is 2.80. The zero-order valence-corrected chi connectivity index (χ0v) is 13.7. The minimum absolute atomic E-state index is 0.301. The predicted molar refractivity (Wildman–Crippen MR) is 85.1 cm³/mol. The van der Waals surface area contributed by atoms with Gasteiger partial charge in [0.25, 0.3) is 0 Å². The van der Waals surface area contributed by atoms with Gasteiger partial charge in [0.15, 0.2) is 11.4 Å². The maximum Gasteiger partial charge on any atom is 0.186 e.